The standard InChI is InChI=1S/C24H26N2O4/c1-4-26(24(29)19-13-18(16(2)3)21(27)14-22(19)28)20-11-8-12-25-23(20)30-15-17-9-6-5-7-10-17/h5-14,16,27-28H,4,15H2,1-3H3. The summed E-state index contributed by atoms with van der Waals surface area (Å²) in [6.45, 7) is 6.33. The molecule has 6 heteroatoms. The van der Waals surface area contributed by atoms with E-state index in [-0.39, 0.29) is 23.0 Å². The van der Waals surface area contributed by atoms with Crippen LogP contribution in [-0.4, -0.2) is 27.6 Å². The Morgan fingerprint density at radius 2 is 1.80 bits per heavy atom. The SMILES string of the molecule is CCN(C(=O)c1cc(C(C)C)c(O)cc1O)c1cccnc1OCc1ccccc1. The summed E-state index contributed by atoms with van der Waals surface area (Å²) in [5.74, 6) is -0.366. The van der Waals surface area contributed by atoms with E-state index < -0.39 is 5.91 Å². The zero-order valence-electron chi connectivity index (χ0n) is 17.4. The minimum Gasteiger partial charge on any atom is -0.508 e. The third-order valence-electron chi connectivity index (χ3n) is 4.82. The van der Waals surface area contributed by atoms with Gasteiger partial charge in [0.05, 0.1) is 5.56 Å². The van der Waals surface area contributed by atoms with Crippen LogP contribution < -0.4 is 9.64 Å². The van der Waals surface area contributed by atoms with Crippen LogP contribution >= 0.6 is 0 Å². The first-order valence-corrected chi connectivity index (χ1v) is 9.91. The van der Waals surface area contributed by atoms with Crippen LogP contribution in [0.25, 0.3) is 0 Å². The molecule has 6 nitrogen and oxygen atoms in total. The number of hydrogen-bond acceptors (Lipinski definition) is 5. The fourth-order valence-electron chi connectivity index (χ4n) is 3.22. The summed E-state index contributed by atoms with van der Waals surface area (Å²) in [5.41, 5.74) is 2.22. The Labute approximate surface area is 176 Å². The van der Waals surface area contributed by atoms with Crippen LogP contribution in [0.2, 0.25) is 0 Å². The molecular weight excluding hydrogens is 380 g/mol. The second-order valence-electron chi connectivity index (χ2n) is 7.23. The number of phenolic OH excluding ortho intramolecular Hbond substituents is 2. The maximum Gasteiger partial charge on any atom is 0.262 e. The molecule has 3 rings (SSSR count). The molecule has 0 unspecified atom stereocenters. The van der Waals surface area contributed by atoms with Crippen molar-refractivity contribution in [2.45, 2.75) is 33.3 Å². The first kappa shape index (κ1) is 21.2. The van der Waals surface area contributed by atoms with Crippen LogP contribution in [0.3, 0.4) is 0 Å². The molecule has 1 heterocycles. The van der Waals surface area contributed by atoms with Gasteiger partial charge >= 0.3 is 0 Å². The van der Waals surface area contributed by atoms with E-state index in [1.807, 2.05) is 51.1 Å². The number of ether oxygens (including phenoxy) is 1. The topological polar surface area (TPSA) is 82.9 Å². The first-order valence-electron chi connectivity index (χ1n) is 9.91. The number of phenols is 2. The van der Waals surface area contributed by atoms with Crippen LogP contribution in [-0.2, 0) is 6.61 Å². The van der Waals surface area contributed by atoms with Crippen molar-refractivity contribution in [1.82, 2.24) is 4.98 Å². The normalized spacial score (nSPS) is 10.8. The van der Waals surface area contributed by atoms with Gasteiger partial charge in [0.15, 0.2) is 0 Å². The third kappa shape index (κ3) is 4.54. The summed E-state index contributed by atoms with van der Waals surface area (Å²) in [7, 11) is 0. The van der Waals surface area contributed by atoms with Gasteiger partial charge in [-0.2, -0.15) is 0 Å². The monoisotopic (exact) mass is 406 g/mol. The number of aromatic nitrogens is 1. The number of carbonyl (C=O) groups is 1. The van der Waals surface area contributed by atoms with Crippen LogP contribution in [0.5, 0.6) is 17.4 Å². The molecule has 0 saturated carbocycles. The van der Waals surface area contributed by atoms with Crippen molar-refractivity contribution < 1.29 is 19.7 Å². The number of anilines is 1. The third-order valence-corrected chi connectivity index (χ3v) is 4.82. The summed E-state index contributed by atoms with van der Waals surface area (Å²) >= 11 is 0. The van der Waals surface area contributed by atoms with E-state index in [4.69, 9.17) is 4.74 Å². The quantitative estimate of drug-likeness (QED) is 0.585. The van der Waals surface area contributed by atoms with E-state index in [9.17, 15) is 15.0 Å². The van der Waals surface area contributed by atoms with Gasteiger partial charge in [0.1, 0.15) is 23.8 Å². The Hall–Kier alpha value is -3.54. The highest BCUT2D eigenvalue weighted by Gasteiger charge is 2.24. The van der Waals surface area contributed by atoms with Gasteiger partial charge in [-0.25, -0.2) is 4.98 Å². The first-order chi connectivity index (χ1) is 14.4. The molecule has 0 radical (unpaired) electrons. The molecule has 0 fully saturated rings. The molecule has 30 heavy (non-hydrogen) atoms. The Kier molecular flexibility index (Phi) is 6.57. The lowest BCUT2D eigenvalue weighted by Crippen LogP contribution is -2.31. The summed E-state index contributed by atoms with van der Waals surface area (Å²) in [5, 5.41) is 20.4. The lowest BCUT2D eigenvalue weighted by molar-refractivity contribution is 0.0984. The molecule has 0 saturated heterocycles. The molecule has 156 valence electrons. The van der Waals surface area contributed by atoms with E-state index in [1.165, 1.54) is 11.0 Å². The number of carbonyl (C=O) groups excluding carboxylic acids is 1. The number of hydrogen-bond donors (Lipinski definition) is 2. The zero-order valence-corrected chi connectivity index (χ0v) is 17.4. The summed E-state index contributed by atoms with van der Waals surface area (Å²) < 4.78 is 5.90. The van der Waals surface area contributed by atoms with E-state index in [2.05, 4.69) is 4.98 Å². The summed E-state index contributed by atoms with van der Waals surface area (Å²) in [4.78, 5) is 19.1. The van der Waals surface area contributed by atoms with Gasteiger partial charge < -0.3 is 19.8 Å². The molecular formula is C24H26N2O4. The lowest BCUT2D eigenvalue weighted by Gasteiger charge is -2.24. The molecule has 0 spiro atoms. The number of benzene rings is 2. The highest BCUT2D eigenvalue weighted by Crippen LogP contribution is 2.35. The van der Waals surface area contributed by atoms with Crippen molar-refractivity contribution >= 4 is 11.6 Å². The minimum absolute atomic E-state index is 0.00427. The van der Waals surface area contributed by atoms with Crippen molar-refractivity contribution in [2.75, 3.05) is 11.4 Å². The summed E-state index contributed by atoms with van der Waals surface area (Å²) in [6.07, 6.45) is 1.61. The van der Waals surface area contributed by atoms with Crippen molar-refractivity contribution in [1.29, 1.82) is 0 Å². The Balaban J connectivity index is 1.93. The zero-order chi connectivity index (χ0) is 21.7. The Morgan fingerprint density at radius 1 is 1.07 bits per heavy atom. The second-order valence-corrected chi connectivity index (χ2v) is 7.23. The van der Waals surface area contributed by atoms with Crippen LogP contribution in [0.4, 0.5) is 5.69 Å². The maximum atomic E-state index is 13.3. The van der Waals surface area contributed by atoms with Crippen molar-refractivity contribution in [3.05, 3.63) is 77.5 Å². The van der Waals surface area contributed by atoms with Gasteiger partial charge in [-0.1, -0.05) is 44.2 Å². The van der Waals surface area contributed by atoms with Crippen molar-refractivity contribution in [3.8, 4) is 17.4 Å². The maximum absolute atomic E-state index is 13.3. The van der Waals surface area contributed by atoms with Crippen molar-refractivity contribution in [2.24, 2.45) is 0 Å². The van der Waals surface area contributed by atoms with Crippen molar-refractivity contribution in [3.63, 3.8) is 0 Å². The minimum atomic E-state index is -0.394. The predicted octanol–water partition coefficient (Wildman–Crippen LogP) is 4.86. The van der Waals surface area contributed by atoms with Gasteiger partial charge in [0.2, 0.25) is 5.88 Å². The number of rotatable bonds is 7. The molecule has 0 aliphatic heterocycles. The highest BCUT2D eigenvalue weighted by atomic mass is 16.5. The molecule has 1 amide bonds. The number of amides is 1. The molecule has 2 aromatic carbocycles. The number of aromatic hydroxyl groups is 2. The van der Waals surface area contributed by atoms with E-state index in [1.54, 1.807) is 24.4 Å². The largest absolute Gasteiger partial charge is 0.508 e. The average Bonchev–Trinajstić information content (AvgIpc) is 2.74. The molecule has 1 aromatic heterocycles. The van der Waals surface area contributed by atoms with Gasteiger partial charge in [0, 0.05) is 18.8 Å². The molecule has 0 bridgehead atoms. The molecule has 2 N–H and O–H groups in total. The highest BCUT2D eigenvalue weighted by molar-refractivity contribution is 6.08. The molecule has 3 aromatic rings. The molecule has 0 aliphatic rings. The van der Waals surface area contributed by atoms with Gasteiger partial charge in [0.25, 0.3) is 5.91 Å². The molecule has 0 atom stereocenters. The fraction of sp³-hybridized carbons (Fsp3) is 0.250. The van der Waals surface area contributed by atoms with E-state index in [0.717, 1.165) is 5.56 Å². The van der Waals surface area contributed by atoms with Gasteiger partial charge in [-0.3, -0.25) is 4.79 Å². The number of pyridine rings is 1. The smallest absolute Gasteiger partial charge is 0.262 e. The van der Waals surface area contributed by atoms with Gasteiger partial charge in [-0.05, 0) is 42.2 Å². The lowest BCUT2D eigenvalue weighted by atomic mass is 9.98. The fourth-order valence-corrected chi connectivity index (χ4v) is 3.22. The van der Waals surface area contributed by atoms with Crippen LogP contribution in [0.15, 0.2) is 60.8 Å². The van der Waals surface area contributed by atoms with Crippen LogP contribution in [0.1, 0.15) is 48.2 Å². The number of nitrogens with zero attached hydrogens (tertiary/aromatic N) is 2. The van der Waals surface area contributed by atoms with Crippen LogP contribution in [0, 0.1) is 0 Å². The summed E-state index contributed by atoms with van der Waals surface area (Å²) in [6, 6.07) is 15.9. The Bertz CT molecular complexity index is 1020. The molecule has 0 aliphatic carbocycles. The predicted molar refractivity (Wildman–Crippen MR) is 116 cm³/mol. The average molecular weight is 406 g/mol. The van der Waals surface area contributed by atoms with Gasteiger partial charge in [-0.15, -0.1) is 0 Å². The van der Waals surface area contributed by atoms with E-state index >= 15 is 0 Å². The Morgan fingerprint density at radius 3 is 2.47 bits per heavy atom. The van der Waals surface area contributed by atoms with E-state index in [0.29, 0.717) is 30.3 Å². The second kappa shape index (κ2) is 9.31.